The molecule has 0 bridgehead atoms. The molecule has 2 N–H and O–H groups in total. The van der Waals surface area contributed by atoms with E-state index in [4.69, 9.17) is 5.73 Å². The van der Waals surface area contributed by atoms with E-state index in [2.05, 4.69) is 4.98 Å². The number of pyridine rings is 1. The number of anilines is 1. The molecule has 0 atom stereocenters. The predicted molar refractivity (Wildman–Crippen MR) is 54.0 cm³/mol. The number of nitrogens with zero attached hydrogens (tertiary/aromatic N) is 1. The Labute approximate surface area is 89.5 Å². The van der Waals surface area contributed by atoms with Gasteiger partial charge >= 0.3 is 0 Å². The molecule has 0 aliphatic heterocycles. The number of rotatable bonds is 1. The Bertz CT molecular complexity index is 541. The van der Waals surface area contributed by atoms with E-state index < -0.39 is 17.5 Å². The summed E-state index contributed by atoms with van der Waals surface area (Å²) in [4.78, 5) is 3.64. The summed E-state index contributed by atoms with van der Waals surface area (Å²) in [6.07, 6.45) is 1.18. The lowest BCUT2D eigenvalue weighted by molar-refractivity contribution is 0.509. The van der Waals surface area contributed by atoms with Crippen LogP contribution in [0.25, 0.3) is 11.3 Å². The van der Waals surface area contributed by atoms with Crippen molar-refractivity contribution in [2.24, 2.45) is 0 Å². The average molecular weight is 224 g/mol. The number of aromatic nitrogens is 1. The molecule has 2 aromatic rings. The molecule has 0 radical (unpaired) electrons. The minimum atomic E-state index is -1.13. The van der Waals surface area contributed by atoms with Gasteiger partial charge in [-0.05, 0) is 12.1 Å². The third-order valence-corrected chi connectivity index (χ3v) is 2.07. The summed E-state index contributed by atoms with van der Waals surface area (Å²) in [6.45, 7) is 0. The highest BCUT2D eigenvalue weighted by molar-refractivity contribution is 5.62. The van der Waals surface area contributed by atoms with Gasteiger partial charge in [0.2, 0.25) is 0 Å². The van der Waals surface area contributed by atoms with Gasteiger partial charge in [0.1, 0.15) is 5.69 Å². The highest BCUT2D eigenvalue weighted by Gasteiger charge is 2.14. The zero-order chi connectivity index (χ0) is 11.7. The molecule has 0 aliphatic rings. The number of halogens is 3. The Morgan fingerprint density at radius 2 is 1.81 bits per heavy atom. The van der Waals surface area contributed by atoms with E-state index in [1.54, 1.807) is 0 Å². The lowest BCUT2D eigenvalue weighted by Gasteiger charge is -2.04. The topological polar surface area (TPSA) is 38.9 Å². The fraction of sp³-hybridized carbons (Fsp3) is 0. The van der Waals surface area contributed by atoms with Crippen molar-refractivity contribution in [3.05, 3.63) is 47.9 Å². The first kappa shape index (κ1) is 10.5. The van der Waals surface area contributed by atoms with Crippen LogP contribution in [-0.2, 0) is 0 Å². The first-order chi connectivity index (χ1) is 7.59. The molecule has 1 aromatic carbocycles. The smallest absolute Gasteiger partial charge is 0.168 e. The van der Waals surface area contributed by atoms with E-state index in [0.29, 0.717) is 0 Å². The van der Waals surface area contributed by atoms with Crippen LogP contribution in [0.1, 0.15) is 0 Å². The maximum absolute atomic E-state index is 13.4. The van der Waals surface area contributed by atoms with Gasteiger partial charge in [-0.15, -0.1) is 0 Å². The standard InChI is InChI=1S/C11H7F3N2/c12-8-3-1-2-7(10(8)14)11-9(13)4-6(15)5-16-11/h1-5H,15H2. The molecule has 0 saturated heterocycles. The van der Waals surface area contributed by atoms with Crippen LogP contribution in [0.2, 0.25) is 0 Å². The summed E-state index contributed by atoms with van der Waals surface area (Å²) in [5.41, 5.74) is 4.94. The highest BCUT2D eigenvalue weighted by atomic mass is 19.2. The molecule has 5 heteroatoms. The molecular formula is C11H7F3N2. The van der Waals surface area contributed by atoms with Gasteiger partial charge in [-0.1, -0.05) is 6.07 Å². The summed E-state index contributed by atoms with van der Waals surface area (Å²) in [6, 6.07) is 4.49. The van der Waals surface area contributed by atoms with Gasteiger partial charge in [-0.25, -0.2) is 13.2 Å². The second-order valence-electron chi connectivity index (χ2n) is 3.20. The molecule has 1 heterocycles. The first-order valence-corrected chi connectivity index (χ1v) is 4.45. The van der Waals surface area contributed by atoms with Gasteiger partial charge in [0, 0.05) is 11.6 Å². The normalized spacial score (nSPS) is 10.4. The highest BCUT2D eigenvalue weighted by Crippen LogP contribution is 2.25. The van der Waals surface area contributed by atoms with Crippen molar-refractivity contribution < 1.29 is 13.2 Å². The second kappa shape index (κ2) is 3.84. The fourth-order valence-electron chi connectivity index (χ4n) is 1.34. The monoisotopic (exact) mass is 224 g/mol. The zero-order valence-corrected chi connectivity index (χ0v) is 8.05. The van der Waals surface area contributed by atoms with Crippen LogP contribution in [0.3, 0.4) is 0 Å². The summed E-state index contributed by atoms with van der Waals surface area (Å²) in [5, 5.41) is 0. The maximum Gasteiger partial charge on any atom is 0.168 e. The Morgan fingerprint density at radius 1 is 1.06 bits per heavy atom. The molecule has 0 amide bonds. The van der Waals surface area contributed by atoms with Gasteiger partial charge in [0.15, 0.2) is 17.5 Å². The number of hydrogen-bond donors (Lipinski definition) is 1. The Morgan fingerprint density at radius 3 is 2.50 bits per heavy atom. The van der Waals surface area contributed by atoms with Crippen molar-refractivity contribution in [2.75, 3.05) is 5.73 Å². The number of nitrogens with two attached hydrogens (primary N) is 1. The van der Waals surface area contributed by atoms with E-state index in [-0.39, 0.29) is 16.9 Å². The fourth-order valence-corrected chi connectivity index (χ4v) is 1.34. The molecule has 0 fully saturated rings. The lowest BCUT2D eigenvalue weighted by atomic mass is 10.1. The molecule has 0 saturated carbocycles. The average Bonchev–Trinajstić information content (AvgIpc) is 2.23. The first-order valence-electron chi connectivity index (χ1n) is 4.45. The zero-order valence-electron chi connectivity index (χ0n) is 8.05. The number of hydrogen-bond acceptors (Lipinski definition) is 2. The molecule has 1 aromatic heterocycles. The quantitative estimate of drug-likeness (QED) is 0.808. The minimum absolute atomic E-state index is 0.123. The Kier molecular flexibility index (Phi) is 2.52. The molecular weight excluding hydrogens is 217 g/mol. The molecule has 82 valence electrons. The van der Waals surface area contributed by atoms with Crippen LogP contribution in [0.4, 0.5) is 18.9 Å². The van der Waals surface area contributed by atoms with Gasteiger partial charge in [-0.3, -0.25) is 4.98 Å². The minimum Gasteiger partial charge on any atom is -0.397 e. The van der Waals surface area contributed by atoms with E-state index in [0.717, 1.165) is 12.1 Å². The van der Waals surface area contributed by atoms with Gasteiger partial charge in [0.25, 0.3) is 0 Å². The van der Waals surface area contributed by atoms with Crippen LogP contribution in [0, 0.1) is 17.5 Å². The largest absolute Gasteiger partial charge is 0.397 e. The van der Waals surface area contributed by atoms with Crippen molar-refractivity contribution >= 4 is 5.69 Å². The summed E-state index contributed by atoms with van der Waals surface area (Å²) in [5.74, 6) is -2.96. The van der Waals surface area contributed by atoms with Crippen molar-refractivity contribution in [1.29, 1.82) is 0 Å². The van der Waals surface area contributed by atoms with Gasteiger partial charge < -0.3 is 5.73 Å². The summed E-state index contributed by atoms with van der Waals surface area (Å²) < 4.78 is 39.7. The van der Waals surface area contributed by atoms with Crippen LogP contribution in [0.15, 0.2) is 30.5 Å². The molecule has 2 rings (SSSR count). The van der Waals surface area contributed by atoms with Crippen molar-refractivity contribution in [2.45, 2.75) is 0 Å². The van der Waals surface area contributed by atoms with E-state index in [9.17, 15) is 13.2 Å². The molecule has 2 nitrogen and oxygen atoms in total. The number of benzene rings is 1. The third-order valence-electron chi connectivity index (χ3n) is 2.07. The van der Waals surface area contributed by atoms with E-state index in [1.807, 2.05) is 0 Å². The molecule has 0 unspecified atom stereocenters. The van der Waals surface area contributed by atoms with Crippen LogP contribution >= 0.6 is 0 Å². The van der Waals surface area contributed by atoms with Crippen LogP contribution in [0.5, 0.6) is 0 Å². The van der Waals surface area contributed by atoms with Crippen molar-refractivity contribution in [3.8, 4) is 11.3 Å². The number of nitrogen functional groups attached to an aromatic ring is 1. The maximum atomic E-state index is 13.4. The Hall–Kier alpha value is -2.04. The van der Waals surface area contributed by atoms with Gasteiger partial charge in [0.05, 0.1) is 11.9 Å². The third kappa shape index (κ3) is 1.71. The van der Waals surface area contributed by atoms with E-state index >= 15 is 0 Å². The van der Waals surface area contributed by atoms with Gasteiger partial charge in [-0.2, -0.15) is 0 Å². The van der Waals surface area contributed by atoms with E-state index in [1.165, 1.54) is 18.3 Å². The SMILES string of the molecule is Nc1cnc(-c2cccc(F)c2F)c(F)c1. The Balaban J connectivity index is 2.63. The van der Waals surface area contributed by atoms with Crippen LogP contribution in [-0.4, -0.2) is 4.98 Å². The van der Waals surface area contributed by atoms with Crippen molar-refractivity contribution in [3.63, 3.8) is 0 Å². The summed E-state index contributed by atoms with van der Waals surface area (Å²) >= 11 is 0. The summed E-state index contributed by atoms with van der Waals surface area (Å²) in [7, 11) is 0. The lowest BCUT2D eigenvalue weighted by Crippen LogP contribution is -1.96. The second-order valence-corrected chi connectivity index (χ2v) is 3.20. The van der Waals surface area contributed by atoms with Crippen LogP contribution < -0.4 is 5.73 Å². The molecule has 0 spiro atoms. The predicted octanol–water partition coefficient (Wildman–Crippen LogP) is 2.75. The molecule has 16 heavy (non-hydrogen) atoms. The molecule has 0 aliphatic carbocycles. The van der Waals surface area contributed by atoms with Crippen molar-refractivity contribution in [1.82, 2.24) is 4.98 Å².